The molecule has 0 heterocycles. The summed E-state index contributed by atoms with van der Waals surface area (Å²) >= 11 is 0. The number of nitrogens with zero attached hydrogens (tertiary/aromatic N) is 2. The number of sulfonamides is 1. The molecule has 0 aromatic heterocycles. The molecule has 0 spiro atoms. The van der Waals surface area contributed by atoms with Crippen LogP contribution < -0.4 is 9.62 Å². The van der Waals surface area contributed by atoms with Crippen molar-refractivity contribution < 1.29 is 18.0 Å². The monoisotopic (exact) mass is 535 g/mol. The first-order chi connectivity index (χ1) is 17.9. The van der Waals surface area contributed by atoms with E-state index in [-0.39, 0.29) is 23.4 Å². The van der Waals surface area contributed by atoms with Gasteiger partial charge in [-0.25, -0.2) is 8.42 Å². The number of rotatable bonds is 10. The second-order valence-corrected chi connectivity index (χ2v) is 11.8. The van der Waals surface area contributed by atoms with Crippen LogP contribution in [0.1, 0.15) is 43.0 Å². The molecule has 0 saturated carbocycles. The van der Waals surface area contributed by atoms with Crippen molar-refractivity contribution in [2.75, 3.05) is 10.8 Å². The summed E-state index contributed by atoms with van der Waals surface area (Å²) in [6.45, 7) is 10.7. The first kappa shape index (κ1) is 28.9. The highest BCUT2D eigenvalue weighted by Crippen LogP contribution is 2.28. The predicted molar refractivity (Wildman–Crippen MR) is 151 cm³/mol. The van der Waals surface area contributed by atoms with E-state index >= 15 is 0 Å². The molecule has 1 unspecified atom stereocenters. The van der Waals surface area contributed by atoms with E-state index in [1.54, 1.807) is 37.3 Å². The van der Waals surface area contributed by atoms with E-state index in [0.717, 1.165) is 26.6 Å². The molecule has 0 aliphatic carbocycles. The number of amides is 2. The summed E-state index contributed by atoms with van der Waals surface area (Å²) < 4.78 is 29.0. The van der Waals surface area contributed by atoms with Crippen molar-refractivity contribution >= 4 is 27.5 Å². The van der Waals surface area contributed by atoms with Gasteiger partial charge in [-0.2, -0.15) is 0 Å². The number of nitrogens with one attached hydrogen (secondary N) is 1. The van der Waals surface area contributed by atoms with Crippen molar-refractivity contribution in [3.63, 3.8) is 0 Å². The van der Waals surface area contributed by atoms with Crippen LogP contribution in [0.25, 0.3) is 0 Å². The maximum absolute atomic E-state index is 13.9. The fourth-order valence-electron chi connectivity index (χ4n) is 4.20. The van der Waals surface area contributed by atoms with Crippen molar-refractivity contribution in [1.29, 1.82) is 0 Å². The van der Waals surface area contributed by atoms with Gasteiger partial charge < -0.3 is 10.2 Å². The Hall–Kier alpha value is -3.65. The second-order valence-electron chi connectivity index (χ2n) is 9.96. The van der Waals surface area contributed by atoms with Crippen molar-refractivity contribution in [3.05, 3.63) is 95.1 Å². The van der Waals surface area contributed by atoms with Crippen LogP contribution in [-0.2, 0) is 26.2 Å². The highest BCUT2D eigenvalue weighted by Gasteiger charge is 2.33. The molecule has 38 heavy (non-hydrogen) atoms. The van der Waals surface area contributed by atoms with Gasteiger partial charge in [0, 0.05) is 12.6 Å². The molecule has 202 valence electrons. The van der Waals surface area contributed by atoms with Gasteiger partial charge in [-0.3, -0.25) is 13.9 Å². The Balaban J connectivity index is 2.05. The zero-order valence-corrected chi connectivity index (χ0v) is 23.7. The topological polar surface area (TPSA) is 86.8 Å². The van der Waals surface area contributed by atoms with Gasteiger partial charge in [-0.05, 0) is 70.9 Å². The second kappa shape index (κ2) is 12.3. The van der Waals surface area contributed by atoms with Crippen LogP contribution >= 0.6 is 0 Å². The Kier molecular flexibility index (Phi) is 9.33. The third kappa shape index (κ3) is 7.01. The Morgan fingerprint density at radius 2 is 1.45 bits per heavy atom. The molecule has 0 aliphatic rings. The zero-order valence-electron chi connectivity index (χ0n) is 22.9. The molecule has 1 atom stereocenters. The maximum atomic E-state index is 13.9. The number of hydrogen-bond donors (Lipinski definition) is 1. The molecule has 1 N–H and O–H groups in total. The van der Waals surface area contributed by atoms with Crippen molar-refractivity contribution in [3.8, 4) is 0 Å². The molecule has 0 bridgehead atoms. The van der Waals surface area contributed by atoms with Crippen LogP contribution in [0, 0.1) is 20.8 Å². The molecular weight excluding hydrogens is 498 g/mol. The van der Waals surface area contributed by atoms with Crippen LogP contribution in [0.5, 0.6) is 0 Å². The number of hydrogen-bond acceptors (Lipinski definition) is 4. The Morgan fingerprint density at radius 1 is 0.842 bits per heavy atom. The SMILES string of the molecule is Cc1ccc(S(=O)(=O)N(CC(=O)N(Cc2ccccc2)C(C)C(=O)NC(C)C)c2ccc(C)cc2C)cc1. The largest absolute Gasteiger partial charge is 0.352 e. The molecule has 3 rings (SSSR count). The molecule has 0 radical (unpaired) electrons. The van der Waals surface area contributed by atoms with Gasteiger partial charge in [-0.15, -0.1) is 0 Å². The lowest BCUT2D eigenvalue weighted by molar-refractivity contribution is -0.139. The Morgan fingerprint density at radius 3 is 2.03 bits per heavy atom. The molecular formula is C30H37N3O4S. The lowest BCUT2D eigenvalue weighted by Crippen LogP contribution is -2.52. The van der Waals surface area contributed by atoms with Gasteiger partial charge in [0.1, 0.15) is 12.6 Å². The zero-order chi connectivity index (χ0) is 28.0. The minimum absolute atomic E-state index is 0.0936. The van der Waals surface area contributed by atoms with Gasteiger partial charge in [-0.1, -0.05) is 65.7 Å². The van der Waals surface area contributed by atoms with Gasteiger partial charge in [0.05, 0.1) is 10.6 Å². The minimum Gasteiger partial charge on any atom is -0.352 e. The van der Waals surface area contributed by atoms with E-state index in [0.29, 0.717) is 5.69 Å². The van der Waals surface area contributed by atoms with Gasteiger partial charge in [0.15, 0.2) is 0 Å². The molecule has 2 amide bonds. The van der Waals surface area contributed by atoms with Gasteiger partial charge >= 0.3 is 0 Å². The van der Waals surface area contributed by atoms with Crippen LogP contribution in [0.3, 0.4) is 0 Å². The summed E-state index contributed by atoms with van der Waals surface area (Å²) in [5.74, 6) is -0.778. The van der Waals surface area contributed by atoms with E-state index < -0.39 is 28.5 Å². The summed E-state index contributed by atoms with van der Waals surface area (Å²) in [5.41, 5.74) is 3.90. The van der Waals surface area contributed by atoms with Crippen molar-refractivity contribution in [2.45, 2.75) is 65.1 Å². The Bertz CT molecular complexity index is 1370. The van der Waals surface area contributed by atoms with E-state index in [1.165, 1.54) is 4.90 Å². The number of benzene rings is 3. The van der Waals surface area contributed by atoms with E-state index in [1.807, 2.05) is 77.1 Å². The van der Waals surface area contributed by atoms with Crippen molar-refractivity contribution in [2.24, 2.45) is 0 Å². The highest BCUT2D eigenvalue weighted by molar-refractivity contribution is 7.92. The molecule has 0 saturated heterocycles. The summed E-state index contributed by atoms with van der Waals surface area (Å²) in [7, 11) is -4.09. The third-order valence-electron chi connectivity index (χ3n) is 6.30. The third-order valence-corrected chi connectivity index (χ3v) is 8.08. The summed E-state index contributed by atoms with van der Waals surface area (Å²) in [6.07, 6.45) is 0. The van der Waals surface area contributed by atoms with Crippen LogP contribution in [0.15, 0.2) is 77.7 Å². The lowest BCUT2D eigenvalue weighted by Gasteiger charge is -2.32. The first-order valence-corrected chi connectivity index (χ1v) is 14.1. The quantitative estimate of drug-likeness (QED) is 0.406. The summed E-state index contributed by atoms with van der Waals surface area (Å²) in [5, 5.41) is 2.86. The average Bonchev–Trinajstić information content (AvgIpc) is 2.86. The maximum Gasteiger partial charge on any atom is 0.264 e. The van der Waals surface area contributed by atoms with Gasteiger partial charge in [0.2, 0.25) is 11.8 Å². The van der Waals surface area contributed by atoms with Crippen LogP contribution in [-0.4, -0.2) is 43.8 Å². The van der Waals surface area contributed by atoms with E-state index in [4.69, 9.17) is 0 Å². The molecule has 0 aliphatic heterocycles. The normalized spacial score (nSPS) is 12.2. The standard InChI is InChI=1S/C30H37N3O4S/c1-21(2)31-30(35)25(6)32(19-26-10-8-7-9-11-26)29(34)20-33(28-17-14-23(4)18-24(28)5)38(36,37)27-15-12-22(3)13-16-27/h7-18,21,25H,19-20H2,1-6H3,(H,31,35). The molecule has 3 aromatic rings. The van der Waals surface area contributed by atoms with Crippen LogP contribution in [0.4, 0.5) is 5.69 Å². The predicted octanol–water partition coefficient (Wildman–Crippen LogP) is 4.75. The fraction of sp³-hybridized carbons (Fsp3) is 0.333. The molecule has 7 nitrogen and oxygen atoms in total. The summed E-state index contributed by atoms with van der Waals surface area (Å²) in [6, 6.07) is 20.4. The molecule has 0 fully saturated rings. The molecule has 8 heteroatoms. The summed E-state index contributed by atoms with van der Waals surface area (Å²) in [4.78, 5) is 28.4. The average molecular weight is 536 g/mol. The van der Waals surface area contributed by atoms with Crippen LogP contribution in [0.2, 0.25) is 0 Å². The smallest absolute Gasteiger partial charge is 0.264 e. The van der Waals surface area contributed by atoms with E-state index in [9.17, 15) is 18.0 Å². The van der Waals surface area contributed by atoms with Crippen molar-refractivity contribution in [1.82, 2.24) is 10.2 Å². The van der Waals surface area contributed by atoms with Gasteiger partial charge in [0.25, 0.3) is 10.0 Å². The number of aryl methyl sites for hydroxylation is 3. The highest BCUT2D eigenvalue weighted by atomic mass is 32.2. The lowest BCUT2D eigenvalue weighted by atomic mass is 10.1. The number of carbonyl (C=O) groups excluding carboxylic acids is 2. The van der Waals surface area contributed by atoms with E-state index in [2.05, 4.69) is 5.32 Å². The number of carbonyl (C=O) groups is 2. The first-order valence-electron chi connectivity index (χ1n) is 12.7. The Labute approximate surface area is 226 Å². The number of anilines is 1. The minimum atomic E-state index is -4.09. The fourth-order valence-corrected chi connectivity index (χ4v) is 5.68. The molecule has 3 aromatic carbocycles.